The van der Waals surface area contributed by atoms with Crippen molar-refractivity contribution in [2.24, 2.45) is 0 Å². The summed E-state index contributed by atoms with van der Waals surface area (Å²) >= 11 is 0. The van der Waals surface area contributed by atoms with Crippen LogP contribution in [-0.4, -0.2) is 19.5 Å². The molecular formula is C17H12N4O2. The molecule has 6 heteroatoms. The van der Waals surface area contributed by atoms with Crippen molar-refractivity contribution in [1.82, 2.24) is 19.5 Å². The minimum absolute atomic E-state index is 0.196. The molecule has 3 heterocycles. The van der Waals surface area contributed by atoms with Crippen LogP contribution in [0.5, 0.6) is 0 Å². The van der Waals surface area contributed by atoms with Gasteiger partial charge in [-0.15, -0.1) is 0 Å². The minimum atomic E-state index is -0.196. The molecule has 4 aromatic rings. The van der Waals surface area contributed by atoms with Crippen molar-refractivity contribution < 1.29 is 4.42 Å². The molecular weight excluding hydrogens is 292 g/mol. The van der Waals surface area contributed by atoms with Crippen LogP contribution in [0.25, 0.3) is 28.7 Å². The van der Waals surface area contributed by atoms with E-state index < -0.39 is 0 Å². The number of benzene rings is 1. The van der Waals surface area contributed by atoms with Gasteiger partial charge in [0.15, 0.2) is 5.82 Å². The van der Waals surface area contributed by atoms with E-state index in [1.54, 1.807) is 35.3 Å². The Morgan fingerprint density at radius 1 is 1.09 bits per heavy atom. The first-order chi connectivity index (χ1) is 11.3. The highest BCUT2D eigenvalue weighted by Crippen LogP contribution is 2.24. The molecule has 0 aliphatic heterocycles. The van der Waals surface area contributed by atoms with Crippen molar-refractivity contribution in [2.45, 2.75) is 0 Å². The molecule has 4 rings (SSSR count). The van der Waals surface area contributed by atoms with E-state index in [2.05, 4.69) is 15.0 Å². The molecule has 1 N–H and O–H groups in total. The van der Waals surface area contributed by atoms with E-state index in [4.69, 9.17) is 4.42 Å². The van der Waals surface area contributed by atoms with Crippen LogP contribution in [0.1, 0.15) is 0 Å². The van der Waals surface area contributed by atoms with E-state index in [-0.39, 0.29) is 5.56 Å². The van der Waals surface area contributed by atoms with E-state index in [0.29, 0.717) is 23.1 Å². The first-order valence-corrected chi connectivity index (χ1v) is 7.06. The zero-order chi connectivity index (χ0) is 15.6. The Kier molecular flexibility index (Phi) is 3.12. The zero-order valence-corrected chi connectivity index (χ0v) is 12.0. The number of oxazole rings is 1. The van der Waals surface area contributed by atoms with Gasteiger partial charge in [0.05, 0.1) is 0 Å². The van der Waals surface area contributed by atoms with Crippen molar-refractivity contribution in [3.8, 4) is 28.7 Å². The number of aromatic amines is 1. The summed E-state index contributed by atoms with van der Waals surface area (Å²) in [6.07, 6.45) is 6.47. The summed E-state index contributed by atoms with van der Waals surface area (Å²) in [5, 5.41) is 0. The summed E-state index contributed by atoms with van der Waals surface area (Å²) in [6.45, 7) is 0. The van der Waals surface area contributed by atoms with Gasteiger partial charge >= 0.3 is 0 Å². The molecule has 0 amide bonds. The third-order valence-electron chi connectivity index (χ3n) is 3.45. The number of aromatic nitrogens is 4. The molecule has 0 fully saturated rings. The summed E-state index contributed by atoms with van der Waals surface area (Å²) in [5.74, 6) is 1.06. The molecule has 0 aliphatic rings. The van der Waals surface area contributed by atoms with Crippen molar-refractivity contribution in [2.75, 3.05) is 0 Å². The fourth-order valence-corrected chi connectivity index (χ4v) is 2.38. The van der Waals surface area contributed by atoms with Crippen LogP contribution in [-0.2, 0) is 0 Å². The first kappa shape index (κ1) is 13.3. The molecule has 0 saturated heterocycles. The Morgan fingerprint density at radius 2 is 1.96 bits per heavy atom. The third-order valence-corrected chi connectivity index (χ3v) is 3.45. The van der Waals surface area contributed by atoms with Gasteiger partial charge in [-0.1, -0.05) is 18.2 Å². The summed E-state index contributed by atoms with van der Waals surface area (Å²) in [4.78, 5) is 23.4. The molecule has 0 saturated carbocycles. The van der Waals surface area contributed by atoms with E-state index in [1.807, 2.05) is 30.3 Å². The van der Waals surface area contributed by atoms with Gasteiger partial charge in [-0.3, -0.25) is 9.36 Å². The molecule has 112 valence electrons. The van der Waals surface area contributed by atoms with Gasteiger partial charge in [-0.2, -0.15) is 0 Å². The normalized spacial score (nSPS) is 10.8. The van der Waals surface area contributed by atoms with Crippen molar-refractivity contribution >= 4 is 0 Å². The van der Waals surface area contributed by atoms with Gasteiger partial charge in [0, 0.05) is 24.2 Å². The number of hydrogen-bond acceptors (Lipinski definition) is 4. The lowest BCUT2D eigenvalue weighted by Gasteiger charge is -2.03. The Morgan fingerprint density at radius 3 is 2.78 bits per heavy atom. The van der Waals surface area contributed by atoms with Crippen LogP contribution in [0.15, 0.2) is 76.5 Å². The average Bonchev–Trinajstić information content (AvgIpc) is 3.25. The summed E-state index contributed by atoms with van der Waals surface area (Å²) in [6, 6.07) is 13.1. The van der Waals surface area contributed by atoms with Gasteiger partial charge in [0.2, 0.25) is 5.89 Å². The number of imidazole rings is 1. The Labute approximate surface area is 131 Å². The van der Waals surface area contributed by atoms with E-state index >= 15 is 0 Å². The predicted molar refractivity (Wildman–Crippen MR) is 85.1 cm³/mol. The standard InChI is InChI=1S/C17H12N4O2/c22-16-14(7-4-8-19-16)21-10-9-18-15(21)13-11-23-17(20-13)12-5-2-1-3-6-12/h1-11H,(H,19,22). The Hall–Kier alpha value is -3.41. The molecule has 0 aliphatic carbocycles. The summed E-state index contributed by atoms with van der Waals surface area (Å²) < 4.78 is 7.23. The van der Waals surface area contributed by atoms with E-state index in [0.717, 1.165) is 5.56 Å². The number of rotatable bonds is 3. The lowest BCUT2D eigenvalue weighted by atomic mass is 10.2. The quantitative estimate of drug-likeness (QED) is 0.631. The van der Waals surface area contributed by atoms with Crippen molar-refractivity contribution in [3.05, 3.63) is 77.7 Å². The SMILES string of the molecule is O=c1[nH]cccc1-n1ccnc1-c1coc(-c2ccccc2)n1. The number of pyridine rings is 1. The van der Waals surface area contributed by atoms with Crippen molar-refractivity contribution in [1.29, 1.82) is 0 Å². The van der Waals surface area contributed by atoms with Gasteiger partial charge < -0.3 is 9.40 Å². The van der Waals surface area contributed by atoms with Crippen LogP contribution in [0, 0.1) is 0 Å². The highest BCUT2D eigenvalue weighted by molar-refractivity contribution is 5.59. The zero-order valence-electron chi connectivity index (χ0n) is 12.0. The lowest BCUT2D eigenvalue weighted by molar-refractivity contribution is 0.575. The van der Waals surface area contributed by atoms with Crippen LogP contribution in [0.4, 0.5) is 0 Å². The molecule has 0 atom stereocenters. The number of nitrogens with one attached hydrogen (secondary N) is 1. The summed E-state index contributed by atoms with van der Waals surface area (Å²) in [7, 11) is 0. The third kappa shape index (κ3) is 2.36. The molecule has 0 spiro atoms. The fraction of sp³-hybridized carbons (Fsp3) is 0. The van der Waals surface area contributed by atoms with Gasteiger partial charge in [-0.05, 0) is 24.3 Å². The first-order valence-electron chi connectivity index (χ1n) is 7.06. The largest absolute Gasteiger partial charge is 0.444 e. The highest BCUT2D eigenvalue weighted by Gasteiger charge is 2.15. The molecule has 6 nitrogen and oxygen atoms in total. The number of nitrogens with zero attached hydrogens (tertiary/aromatic N) is 3. The maximum absolute atomic E-state index is 12.0. The number of H-pyrrole nitrogens is 1. The molecule has 1 aromatic carbocycles. The van der Waals surface area contributed by atoms with Crippen molar-refractivity contribution in [3.63, 3.8) is 0 Å². The highest BCUT2D eigenvalue weighted by atomic mass is 16.3. The second-order valence-corrected chi connectivity index (χ2v) is 4.91. The van der Waals surface area contributed by atoms with E-state index in [1.165, 1.54) is 6.26 Å². The molecule has 0 unspecified atom stereocenters. The maximum Gasteiger partial charge on any atom is 0.272 e. The van der Waals surface area contributed by atoms with Gasteiger partial charge in [0.1, 0.15) is 17.6 Å². The predicted octanol–water partition coefficient (Wildman–Crippen LogP) is 2.88. The fourth-order valence-electron chi connectivity index (χ4n) is 2.38. The average molecular weight is 304 g/mol. The molecule has 0 radical (unpaired) electrons. The van der Waals surface area contributed by atoms with Crippen LogP contribution in [0.2, 0.25) is 0 Å². The van der Waals surface area contributed by atoms with E-state index in [9.17, 15) is 4.79 Å². The lowest BCUT2D eigenvalue weighted by Crippen LogP contribution is -2.13. The topological polar surface area (TPSA) is 76.7 Å². The van der Waals surface area contributed by atoms with Crippen LogP contribution >= 0.6 is 0 Å². The van der Waals surface area contributed by atoms with Gasteiger partial charge in [-0.25, -0.2) is 9.97 Å². The summed E-state index contributed by atoms with van der Waals surface area (Å²) in [5.41, 5.74) is 1.73. The smallest absolute Gasteiger partial charge is 0.272 e. The maximum atomic E-state index is 12.0. The Bertz CT molecular complexity index is 998. The second-order valence-electron chi connectivity index (χ2n) is 4.91. The molecule has 3 aromatic heterocycles. The second kappa shape index (κ2) is 5.42. The van der Waals surface area contributed by atoms with Crippen LogP contribution in [0.3, 0.4) is 0 Å². The Balaban J connectivity index is 1.79. The number of hydrogen-bond donors (Lipinski definition) is 1. The molecule has 0 bridgehead atoms. The van der Waals surface area contributed by atoms with Gasteiger partial charge in [0.25, 0.3) is 5.56 Å². The van der Waals surface area contributed by atoms with Crippen LogP contribution < -0.4 is 5.56 Å². The monoisotopic (exact) mass is 304 g/mol. The molecule has 23 heavy (non-hydrogen) atoms. The minimum Gasteiger partial charge on any atom is -0.444 e.